The quantitative estimate of drug-likeness (QED) is 0.747. The Bertz CT molecular complexity index is 816. The number of aromatic nitrogens is 4. The van der Waals surface area contributed by atoms with Crippen molar-refractivity contribution in [2.24, 2.45) is 0 Å². The zero-order chi connectivity index (χ0) is 15.5. The Hall–Kier alpha value is -2.44. The van der Waals surface area contributed by atoms with Crippen LogP contribution in [-0.4, -0.2) is 25.7 Å². The molecule has 110 valence electrons. The summed E-state index contributed by atoms with van der Waals surface area (Å²) in [6.45, 7) is 0. The van der Waals surface area contributed by atoms with E-state index in [1.165, 1.54) is 17.2 Å². The minimum absolute atomic E-state index is 0.0230. The van der Waals surface area contributed by atoms with E-state index in [1.807, 2.05) is 0 Å². The van der Waals surface area contributed by atoms with Gasteiger partial charge in [-0.15, -0.1) is 5.10 Å². The summed E-state index contributed by atoms with van der Waals surface area (Å²) < 4.78 is 1.48. The molecule has 1 amide bonds. The van der Waals surface area contributed by atoms with Gasteiger partial charge in [-0.1, -0.05) is 23.2 Å². The van der Waals surface area contributed by atoms with Gasteiger partial charge in [0.05, 0.1) is 11.4 Å². The Kier molecular flexibility index (Phi) is 4.04. The highest BCUT2D eigenvalue weighted by molar-refractivity contribution is 6.32. The molecule has 2 heterocycles. The third kappa shape index (κ3) is 3.08. The van der Waals surface area contributed by atoms with Crippen molar-refractivity contribution in [1.29, 1.82) is 0 Å². The molecule has 3 rings (SSSR count). The summed E-state index contributed by atoms with van der Waals surface area (Å²) in [7, 11) is 0. The molecule has 22 heavy (non-hydrogen) atoms. The number of halogens is 2. The second-order valence-corrected chi connectivity index (χ2v) is 5.08. The normalized spacial score (nSPS) is 10.5. The van der Waals surface area contributed by atoms with Crippen molar-refractivity contribution in [3.05, 3.63) is 64.9 Å². The highest BCUT2D eigenvalue weighted by Gasteiger charge is 2.14. The highest BCUT2D eigenvalue weighted by atomic mass is 35.5. The van der Waals surface area contributed by atoms with Gasteiger partial charge in [-0.05, 0) is 36.4 Å². The molecule has 0 fully saturated rings. The molecule has 0 bridgehead atoms. The molecule has 3 aromatic rings. The lowest BCUT2D eigenvalue weighted by Gasteiger charge is -2.03. The second-order valence-electron chi connectivity index (χ2n) is 4.29. The zero-order valence-electron chi connectivity index (χ0n) is 11.1. The van der Waals surface area contributed by atoms with Crippen molar-refractivity contribution in [3.63, 3.8) is 0 Å². The molecule has 2 aromatic heterocycles. The van der Waals surface area contributed by atoms with Crippen LogP contribution in [0.4, 0.5) is 5.69 Å². The molecule has 6 nitrogen and oxygen atoms in total. The first-order valence-electron chi connectivity index (χ1n) is 6.23. The van der Waals surface area contributed by atoms with Crippen LogP contribution >= 0.6 is 23.2 Å². The molecule has 0 saturated carbocycles. The van der Waals surface area contributed by atoms with Crippen LogP contribution in [0.5, 0.6) is 0 Å². The molecule has 0 radical (unpaired) electrons. The van der Waals surface area contributed by atoms with Gasteiger partial charge in [0, 0.05) is 11.2 Å². The first-order valence-corrected chi connectivity index (χ1v) is 6.98. The number of hydrogen-bond acceptors (Lipinski definition) is 4. The summed E-state index contributed by atoms with van der Waals surface area (Å²) >= 11 is 11.7. The minimum atomic E-state index is -0.470. The van der Waals surface area contributed by atoms with Crippen LogP contribution in [0.1, 0.15) is 10.6 Å². The van der Waals surface area contributed by atoms with Gasteiger partial charge < -0.3 is 5.32 Å². The van der Waals surface area contributed by atoms with E-state index in [2.05, 4.69) is 20.4 Å². The molecular weight excluding hydrogens is 325 g/mol. The van der Waals surface area contributed by atoms with Gasteiger partial charge >= 0.3 is 0 Å². The van der Waals surface area contributed by atoms with Crippen molar-refractivity contribution in [2.45, 2.75) is 0 Å². The number of rotatable bonds is 3. The lowest BCUT2D eigenvalue weighted by Crippen LogP contribution is -2.14. The molecule has 1 N–H and O–H groups in total. The van der Waals surface area contributed by atoms with E-state index in [9.17, 15) is 4.79 Å². The van der Waals surface area contributed by atoms with E-state index in [-0.39, 0.29) is 11.0 Å². The number of nitrogens with zero attached hydrogens (tertiary/aromatic N) is 4. The number of carbonyl (C=O) groups is 1. The van der Waals surface area contributed by atoms with Gasteiger partial charge in [0.1, 0.15) is 6.33 Å². The predicted molar refractivity (Wildman–Crippen MR) is 83.6 cm³/mol. The fourth-order valence-corrected chi connectivity index (χ4v) is 2.04. The van der Waals surface area contributed by atoms with E-state index in [0.717, 1.165) is 5.69 Å². The molecule has 0 aliphatic heterocycles. The van der Waals surface area contributed by atoms with Crippen LogP contribution in [0.25, 0.3) is 5.69 Å². The topological polar surface area (TPSA) is 72.7 Å². The Morgan fingerprint density at radius 1 is 1.09 bits per heavy atom. The van der Waals surface area contributed by atoms with Crippen LogP contribution in [-0.2, 0) is 0 Å². The standard InChI is InChI=1S/C14H9Cl2N5O/c15-9-3-5-10(6-4-9)21-8-18-13(20-21)14(22)19-11-2-1-7-17-12(11)16/h1-8H,(H,19,22). The number of amides is 1. The monoisotopic (exact) mass is 333 g/mol. The molecule has 0 spiro atoms. The zero-order valence-corrected chi connectivity index (χ0v) is 12.6. The van der Waals surface area contributed by atoms with Gasteiger partial charge in [-0.3, -0.25) is 4.79 Å². The van der Waals surface area contributed by atoms with Gasteiger partial charge in [0.15, 0.2) is 5.15 Å². The van der Waals surface area contributed by atoms with Gasteiger partial charge in [0.2, 0.25) is 5.82 Å². The Morgan fingerprint density at radius 2 is 1.86 bits per heavy atom. The van der Waals surface area contributed by atoms with E-state index in [1.54, 1.807) is 36.4 Å². The Balaban J connectivity index is 1.80. The summed E-state index contributed by atoms with van der Waals surface area (Å²) in [6, 6.07) is 10.3. The SMILES string of the molecule is O=C(Nc1cccnc1Cl)c1ncn(-c2ccc(Cl)cc2)n1. The number of benzene rings is 1. The van der Waals surface area contributed by atoms with E-state index in [4.69, 9.17) is 23.2 Å². The molecule has 8 heteroatoms. The van der Waals surface area contributed by atoms with Crippen molar-refractivity contribution < 1.29 is 4.79 Å². The van der Waals surface area contributed by atoms with Crippen LogP contribution in [0.3, 0.4) is 0 Å². The third-order valence-corrected chi connectivity index (χ3v) is 3.35. The fraction of sp³-hybridized carbons (Fsp3) is 0. The molecular formula is C14H9Cl2N5O. The average molecular weight is 334 g/mol. The van der Waals surface area contributed by atoms with Crippen LogP contribution < -0.4 is 5.32 Å². The minimum Gasteiger partial charge on any atom is -0.317 e. The van der Waals surface area contributed by atoms with Gasteiger partial charge in [0.25, 0.3) is 5.91 Å². The number of pyridine rings is 1. The average Bonchev–Trinajstić information content (AvgIpc) is 3.00. The first kappa shape index (κ1) is 14.5. The summed E-state index contributed by atoms with van der Waals surface area (Å²) in [5.74, 6) is -0.447. The van der Waals surface area contributed by atoms with E-state index >= 15 is 0 Å². The smallest absolute Gasteiger partial charge is 0.295 e. The number of anilines is 1. The lowest BCUT2D eigenvalue weighted by atomic mass is 10.3. The Labute approximate surface area is 135 Å². The maximum Gasteiger partial charge on any atom is 0.295 e. The second kappa shape index (κ2) is 6.13. The Morgan fingerprint density at radius 3 is 2.59 bits per heavy atom. The molecule has 0 unspecified atom stereocenters. The molecule has 0 aliphatic carbocycles. The lowest BCUT2D eigenvalue weighted by molar-refractivity contribution is 0.101. The van der Waals surface area contributed by atoms with Gasteiger partial charge in [-0.2, -0.15) is 0 Å². The van der Waals surface area contributed by atoms with E-state index < -0.39 is 5.91 Å². The van der Waals surface area contributed by atoms with E-state index in [0.29, 0.717) is 10.7 Å². The highest BCUT2D eigenvalue weighted by Crippen LogP contribution is 2.18. The maximum absolute atomic E-state index is 12.1. The summed E-state index contributed by atoms with van der Waals surface area (Å²) in [5.41, 5.74) is 1.15. The summed E-state index contributed by atoms with van der Waals surface area (Å²) in [4.78, 5) is 20.0. The molecule has 0 atom stereocenters. The van der Waals surface area contributed by atoms with Crippen molar-refractivity contribution in [2.75, 3.05) is 5.32 Å². The summed E-state index contributed by atoms with van der Waals surface area (Å²) in [6.07, 6.45) is 2.98. The van der Waals surface area contributed by atoms with Crippen LogP contribution in [0.2, 0.25) is 10.2 Å². The molecule has 0 saturated heterocycles. The first-order chi connectivity index (χ1) is 10.6. The summed E-state index contributed by atoms with van der Waals surface area (Å²) in [5, 5.41) is 7.55. The number of nitrogens with one attached hydrogen (secondary N) is 1. The molecule has 1 aromatic carbocycles. The van der Waals surface area contributed by atoms with Crippen molar-refractivity contribution in [3.8, 4) is 5.69 Å². The number of carbonyl (C=O) groups excluding carboxylic acids is 1. The van der Waals surface area contributed by atoms with Crippen LogP contribution in [0, 0.1) is 0 Å². The van der Waals surface area contributed by atoms with Crippen molar-refractivity contribution >= 4 is 34.8 Å². The molecule has 0 aliphatic rings. The largest absolute Gasteiger partial charge is 0.317 e. The van der Waals surface area contributed by atoms with Gasteiger partial charge in [-0.25, -0.2) is 14.6 Å². The van der Waals surface area contributed by atoms with Crippen molar-refractivity contribution in [1.82, 2.24) is 19.7 Å². The van der Waals surface area contributed by atoms with Crippen LogP contribution in [0.15, 0.2) is 48.9 Å². The maximum atomic E-state index is 12.1. The number of hydrogen-bond donors (Lipinski definition) is 1. The third-order valence-electron chi connectivity index (χ3n) is 2.79. The predicted octanol–water partition coefficient (Wildman–Crippen LogP) is 3.22. The fourth-order valence-electron chi connectivity index (χ4n) is 1.74.